The van der Waals surface area contributed by atoms with Crippen molar-refractivity contribution in [1.29, 1.82) is 0 Å². The summed E-state index contributed by atoms with van der Waals surface area (Å²) in [6, 6.07) is 7.50. The lowest BCUT2D eigenvalue weighted by Crippen LogP contribution is -2.47. The minimum Gasteiger partial charge on any atom is -0.490 e. The van der Waals surface area contributed by atoms with Crippen molar-refractivity contribution >= 4 is 9.84 Å². The molecule has 0 aliphatic carbocycles. The first-order valence-corrected chi connectivity index (χ1v) is 10.6. The van der Waals surface area contributed by atoms with Crippen LogP contribution in [0, 0.1) is 0 Å². The molecule has 0 spiro atoms. The van der Waals surface area contributed by atoms with Gasteiger partial charge in [-0.05, 0) is 43.3 Å². The Bertz CT molecular complexity index is 1470. The molecule has 2 aromatic carbocycles. The summed E-state index contributed by atoms with van der Waals surface area (Å²) in [5.41, 5.74) is -8.15. The smallest absolute Gasteiger partial charge is 0.490 e. The van der Waals surface area contributed by atoms with Gasteiger partial charge in [0.2, 0.25) is 0 Å². The SMILES string of the molecule is CCOc1cc(-n2c(=O)[nH]c(=O)n(C)c2=O)ccc1Oc1ccc(S(=O)(=O)C(F)(F)F)cc1. The lowest BCUT2D eigenvalue weighted by atomic mass is 10.2. The number of nitrogens with zero attached hydrogens (tertiary/aromatic N) is 2. The Kier molecular flexibility index (Phi) is 6.22. The molecule has 0 saturated heterocycles. The van der Waals surface area contributed by atoms with Crippen LogP contribution in [0.4, 0.5) is 13.2 Å². The molecule has 0 unspecified atom stereocenters. The Morgan fingerprint density at radius 2 is 1.61 bits per heavy atom. The van der Waals surface area contributed by atoms with Gasteiger partial charge in [0.25, 0.3) is 9.84 Å². The molecule has 1 N–H and O–H groups in total. The van der Waals surface area contributed by atoms with Gasteiger partial charge < -0.3 is 9.47 Å². The van der Waals surface area contributed by atoms with Crippen LogP contribution in [-0.2, 0) is 16.9 Å². The number of benzene rings is 2. The second-order valence-electron chi connectivity index (χ2n) is 6.50. The van der Waals surface area contributed by atoms with Crippen LogP contribution in [0.2, 0.25) is 0 Å². The van der Waals surface area contributed by atoms with Crippen molar-refractivity contribution in [3.63, 3.8) is 0 Å². The first-order chi connectivity index (χ1) is 15.4. The minimum atomic E-state index is -5.50. The summed E-state index contributed by atoms with van der Waals surface area (Å²) < 4.78 is 73.4. The maximum absolute atomic E-state index is 12.7. The number of sulfone groups is 1. The van der Waals surface area contributed by atoms with E-state index in [1.165, 1.54) is 25.2 Å². The first-order valence-electron chi connectivity index (χ1n) is 9.15. The van der Waals surface area contributed by atoms with E-state index in [9.17, 15) is 36.0 Å². The molecule has 1 aromatic heterocycles. The number of rotatable bonds is 6. The van der Waals surface area contributed by atoms with Gasteiger partial charge >= 0.3 is 22.6 Å². The fourth-order valence-electron chi connectivity index (χ4n) is 2.72. The van der Waals surface area contributed by atoms with Crippen molar-refractivity contribution in [2.24, 2.45) is 7.05 Å². The molecular weight excluding hydrogens is 471 g/mol. The van der Waals surface area contributed by atoms with Crippen molar-refractivity contribution in [2.45, 2.75) is 17.3 Å². The molecule has 10 nitrogen and oxygen atoms in total. The number of halogens is 3. The number of alkyl halides is 3. The lowest BCUT2D eigenvalue weighted by Gasteiger charge is -2.14. The molecule has 14 heteroatoms. The number of hydrogen-bond acceptors (Lipinski definition) is 7. The van der Waals surface area contributed by atoms with Crippen LogP contribution in [0.5, 0.6) is 17.2 Å². The van der Waals surface area contributed by atoms with Crippen LogP contribution in [0.1, 0.15) is 6.92 Å². The van der Waals surface area contributed by atoms with Crippen molar-refractivity contribution in [2.75, 3.05) is 6.61 Å². The third-order valence-corrected chi connectivity index (χ3v) is 5.85. The molecule has 0 bridgehead atoms. The number of nitrogens with one attached hydrogen (secondary N) is 1. The average Bonchev–Trinajstić information content (AvgIpc) is 2.73. The highest BCUT2D eigenvalue weighted by molar-refractivity contribution is 7.92. The zero-order chi connectivity index (χ0) is 24.6. The largest absolute Gasteiger partial charge is 0.501 e. The van der Waals surface area contributed by atoms with E-state index in [2.05, 4.69) is 0 Å². The highest BCUT2D eigenvalue weighted by Crippen LogP contribution is 2.35. The highest BCUT2D eigenvalue weighted by Gasteiger charge is 2.46. The van der Waals surface area contributed by atoms with Gasteiger partial charge in [-0.3, -0.25) is 4.98 Å². The van der Waals surface area contributed by atoms with Gasteiger partial charge in [0.05, 0.1) is 17.2 Å². The summed E-state index contributed by atoms with van der Waals surface area (Å²) in [4.78, 5) is 37.1. The number of H-pyrrole nitrogens is 1. The fourth-order valence-corrected chi connectivity index (χ4v) is 3.48. The Labute approximate surface area is 183 Å². The van der Waals surface area contributed by atoms with Gasteiger partial charge in [-0.15, -0.1) is 0 Å². The summed E-state index contributed by atoms with van der Waals surface area (Å²) in [5.74, 6) is 0.144. The molecule has 3 rings (SSSR count). The molecule has 0 aliphatic rings. The van der Waals surface area contributed by atoms with E-state index in [1.54, 1.807) is 6.92 Å². The topological polar surface area (TPSA) is 129 Å². The van der Waals surface area contributed by atoms with Crippen LogP contribution in [0.15, 0.2) is 61.7 Å². The van der Waals surface area contributed by atoms with E-state index in [0.717, 1.165) is 24.3 Å². The molecule has 0 saturated carbocycles. The van der Waals surface area contributed by atoms with Crippen LogP contribution < -0.4 is 26.5 Å². The van der Waals surface area contributed by atoms with Crippen LogP contribution >= 0.6 is 0 Å². The van der Waals surface area contributed by atoms with Gasteiger partial charge in [-0.25, -0.2) is 31.9 Å². The van der Waals surface area contributed by atoms with Crippen LogP contribution in [0.3, 0.4) is 0 Å². The van der Waals surface area contributed by atoms with Crippen LogP contribution in [-0.4, -0.2) is 34.7 Å². The van der Waals surface area contributed by atoms with Crippen LogP contribution in [0.25, 0.3) is 5.69 Å². The maximum Gasteiger partial charge on any atom is 0.501 e. The molecule has 3 aromatic rings. The molecule has 0 radical (unpaired) electrons. The summed E-state index contributed by atoms with van der Waals surface area (Å²) in [7, 11) is -4.32. The number of hydrogen-bond donors (Lipinski definition) is 1. The van der Waals surface area contributed by atoms with Crippen molar-refractivity contribution in [1.82, 2.24) is 14.1 Å². The molecule has 0 fully saturated rings. The molecule has 176 valence electrons. The number of ether oxygens (including phenoxy) is 2. The predicted molar refractivity (Wildman–Crippen MR) is 109 cm³/mol. The second kappa shape index (κ2) is 8.61. The third-order valence-electron chi connectivity index (χ3n) is 4.35. The summed E-state index contributed by atoms with van der Waals surface area (Å²) in [5, 5.41) is 0. The van der Waals surface area contributed by atoms with E-state index in [-0.39, 0.29) is 29.5 Å². The van der Waals surface area contributed by atoms with Crippen molar-refractivity contribution in [3.05, 3.63) is 73.9 Å². The zero-order valence-electron chi connectivity index (χ0n) is 17.0. The molecular formula is C19H16F3N3O7S. The van der Waals surface area contributed by atoms with E-state index >= 15 is 0 Å². The predicted octanol–water partition coefficient (Wildman–Crippen LogP) is 1.71. The third kappa shape index (κ3) is 4.55. The fraction of sp³-hybridized carbons (Fsp3) is 0.211. The number of aromatic amines is 1. The van der Waals surface area contributed by atoms with Gasteiger partial charge in [0, 0.05) is 13.1 Å². The molecule has 1 heterocycles. The Hall–Kier alpha value is -3.81. The van der Waals surface area contributed by atoms with Gasteiger partial charge in [0.15, 0.2) is 11.5 Å². The second-order valence-corrected chi connectivity index (χ2v) is 8.44. The quantitative estimate of drug-likeness (QED) is 0.560. The zero-order valence-corrected chi connectivity index (χ0v) is 17.9. The van der Waals surface area contributed by atoms with E-state index in [4.69, 9.17) is 9.47 Å². The van der Waals surface area contributed by atoms with Gasteiger partial charge in [0.1, 0.15) is 5.75 Å². The Morgan fingerprint density at radius 1 is 0.970 bits per heavy atom. The first kappa shape index (κ1) is 23.8. The van der Waals surface area contributed by atoms with Crippen molar-refractivity contribution < 1.29 is 31.1 Å². The van der Waals surface area contributed by atoms with Gasteiger partial charge in [-0.1, -0.05) is 0 Å². The number of aromatic nitrogens is 3. The molecule has 33 heavy (non-hydrogen) atoms. The molecule has 0 atom stereocenters. The monoisotopic (exact) mass is 487 g/mol. The lowest BCUT2D eigenvalue weighted by molar-refractivity contribution is -0.0436. The Morgan fingerprint density at radius 3 is 2.18 bits per heavy atom. The standard InChI is InChI=1S/C19H16F3N3O7S/c1-3-31-15-10-11(25-17(27)23-16(26)24(2)18(25)28)4-9-14(15)32-12-5-7-13(8-6-12)33(29,30)19(20,21)22/h4-10H,3H2,1-2H3,(H,23,26,27). The molecule has 0 aliphatic heterocycles. The normalized spacial score (nSPS) is 11.9. The summed E-state index contributed by atoms with van der Waals surface area (Å²) in [6.07, 6.45) is 0. The van der Waals surface area contributed by atoms with Gasteiger partial charge in [-0.2, -0.15) is 13.2 Å². The summed E-state index contributed by atoms with van der Waals surface area (Å²) in [6.45, 7) is 1.81. The van der Waals surface area contributed by atoms with E-state index in [0.29, 0.717) is 9.13 Å². The average molecular weight is 487 g/mol. The molecule has 0 amide bonds. The van der Waals surface area contributed by atoms with E-state index in [1.807, 2.05) is 4.98 Å². The summed E-state index contributed by atoms with van der Waals surface area (Å²) >= 11 is 0. The van der Waals surface area contributed by atoms with E-state index < -0.39 is 37.3 Å². The Balaban J connectivity index is 2.00. The highest BCUT2D eigenvalue weighted by atomic mass is 32.2. The maximum atomic E-state index is 12.7. The minimum absolute atomic E-state index is 0.00181. The van der Waals surface area contributed by atoms with Crippen molar-refractivity contribution in [3.8, 4) is 22.9 Å².